The highest BCUT2D eigenvalue weighted by molar-refractivity contribution is 5.88. The fourth-order valence-electron chi connectivity index (χ4n) is 4.01. The quantitative estimate of drug-likeness (QED) is 0.394. The summed E-state index contributed by atoms with van der Waals surface area (Å²) in [6.45, 7) is 2.62. The van der Waals surface area contributed by atoms with Crippen molar-refractivity contribution < 1.29 is 14.3 Å². The van der Waals surface area contributed by atoms with E-state index in [1.165, 1.54) is 0 Å². The van der Waals surface area contributed by atoms with Gasteiger partial charge in [-0.15, -0.1) is 0 Å². The van der Waals surface area contributed by atoms with Gasteiger partial charge in [0.1, 0.15) is 12.6 Å². The minimum atomic E-state index is -0.767. The van der Waals surface area contributed by atoms with E-state index < -0.39 is 12.1 Å². The van der Waals surface area contributed by atoms with Gasteiger partial charge >= 0.3 is 6.09 Å². The predicted molar refractivity (Wildman–Crippen MR) is 133 cm³/mol. The number of alkyl carbamates (subject to hydrolysis) is 1. The summed E-state index contributed by atoms with van der Waals surface area (Å²) >= 11 is 0. The number of likely N-dealkylation sites (N-methyl/N-ethyl adjacent to an activating group) is 1. The Bertz CT molecular complexity index is 1270. The molecular weight excluding hydrogens is 426 g/mol. The van der Waals surface area contributed by atoms with E-state index in [9.17, 15) is 9.59 Å². The van der Waals surface area contributed by atoms with Gasteiger partial charge in [0, 0.05) is 37.1 Å². The van der Waals surface area contributed by atoms with Crippen molar-refractivity contribution in [1.29, 1.82) is 0 Å². The second-order valence-electron chi connectivity index (χ2n) is 8.44. The Morgan fingerprint density at radius 2 is 1.65 bits per heavy atom. The Hall–Kier alpha value is -4.06. The molecular formula is C28H29N3O3. The van der Waals surface area contributed by atoms with Gasteiger partial charge in [-0.1, -0.05) is 72.8 Å². The first-order valence-electron chi connectivity index (χ1n) is 11.3. The molecule has 4 aromatic rings. The number of hydrogen-bond acceptors (Lipinski definition) is 3. The zero-order valence-electron chi connectivity index (χ0n) is 19.5. The Kier molecular flexibility index (Phi) is 7.28. The normalized spacial score (nSPS) is 11.7. The van der Waals surface area contributed by atoms with Gasteiger partial charge in [-0.25, -0.2) is 4.79 Å². The van der Waals surface area contributed by atoms with Crippen LogP contribution in [0.3, 0.4) is 0 Å². The number of carbonyl (C=O) groups is 2. The molecule has 2 amide bonds. The van der Waals surface area contributed by atoms with Crippen LogP contribution in [0.4, 0.5) is 4.79 Å². The lowest BCUT2D eigenvalue weighted by molar-refractivity contribution is -0.132. The van der Waals surface area contributed by atoms with Crippen molar-refractivity contribution in [3.8, 4) is 0 Å². The molecule has 6 heteroatoms. The van der Waals surface area contributed by atoms with E-state index in [2.05, 4.69) is 10.3 Å². The molecule has 0 spiro atoms. The molecule has 3 aromatic carbocycles. The third kappa shape index (κ3) is 5.64. The van der Waals surface area contributed by atoms with Crippen molar-refractivity contribution in [2.45, 2.75) is 32.5 Å². The van der Waals surface area contributed by atoms with E-state index in [0.717, 1.165) is 33.2 Å². The summed E-state index contributed by atoms with van der Waals surface area (Å²) in [4.78, 5) is 31.0. The standard InChI is InChI=1S/C28H29N3O3/c1-20-10-6-7-13-22(20)18-31(2)27(32)26(16-23-17-29-25-15-9-8-14-24(23)25)30-28(33)34-19-21-11-4-3-5-12-21/h3-15,17,26,29H,16,18-19H2,1-2H3,(H,30,33)/t26-/m0/s1. The Labute approximate surface area is 199 Å². The zero-order chi connectivity index (χ0) is 23.9. The first-order chi connectivity index (χ1) is 16.5. The molecule has 0 aliphatic heterocycles. The van der Waals surface area contributed by atoms with E-state index in [1.54, 1.807) is 11.9 Å². The number of hydrogen-bond donors (Lipinski definition) is 2. The van der Waals surface area contributed by atoms with Gasteiger partial charge in [0.15, 0.2) is 0 Å². The third-order valence-corrected chi connectivity index (χ3v) is 5.95. The van der Waals surface area contributed by atoms with Crippen molar-refractivity contribution in [3.05, 3.63) is 107 Å². The van der Waals surface area contributed by atoms with Crippen LogP contribution in [0.2, 0.25) is 0 Å². The van der Waals surface area contributed by atoms with Crippen LogP contribution in [0.15, 0.2) is 85.1 Å². The van der Waals surface area contributed by atoms with Crippen molar-refractivity contribution in [2.24, 2.45) is 0 Å². The molecule has 0 fully saturated rings. The number of aryl methyl sites for hydroxylation is 1. The Morgan fingerprint density at radius 1 is 0.941 bits per heavy atom. The zero-order valence-corrected chi connectivity index (χ0v) is 19.5. The average Bonchev–Trinajstić information content (AvgIpc) is 3.26. The van der Waals surface area contributed by atoms with E-state index in [4.69, 9.17) is 4.74 Å². The number of aromatic nitrogens is 1. The number of nitrogens with one attached hydrogen (secondary N) is 2. The van der Waals surface area contributed by atoms with E-state index in [1.807, 2.05) is 92.0 Å². The first-order valence-corrected chi connectivity index (χ1v) is 11.3. The molecule has 2 N–H and O–H groups in total. The maximum atomic E-state index is 13.5. The molecule has 0 unspecified atom stereocenters. The van der Waals surface area contributed by atoms with Gasteiger partial charge in [0.2, 0.25) is 5.91 Å². The molecule has 174 valence electrons. The lowest BCUT2D eigenvalue weighted by Gasteiger charge is -2.25. The molecule has 1 aromatic heterocycles. The SMILES string of the molecule is Cc1ccccc1CN(C)C(=O)[C@H](Cc1c[nH]c2ccccc12)NC(=O)OCc1ccccc1. The minimum absolute atomic E-state index is 0.139. The molecule has 0 aliphatic carbocycles. The van der Waals surface area contributed by atoms with E-state index >= 15 is 0 Å². The van der Waals surface area contributed by atoms with Crippen molar-refractivity contribution in [1.82, 2.24) is 15.2 Å². The van der Waals surface area contributed by atoms with Crippen molar-refractivity contribution in [3.63, 3.8) is 0 Å². The fourth-order valence-corrected chi connectivity index (χ4v) is 4.01. The molecule has 0 bridgehead atoms. The van der Waals surface area contributed by atoms with Gasteiger partial charge in [-0.2, -0.15) is 0 Å². The maximum absolute atomic E-state index is 13.5. The number of para-hydroxylation sites is 1. The molecule has 0 saturated carbocycles. The largest absolute Gasteiger partial charge is 0.445 e. The third-order valence-electron chi connectivity index (χ3n) is 5.95. The minimum Gasteiger partial charge on any atom is -0.445 e. The number of fused-ring (bicyclic) bond motifs is 1. The number of ether oxygens (including phenoxy) is 1. The summed E-state index contributed by atoms with van der Waals surface area (Å²) in [6, 6.07) is 24.6. The van der Waals surface area contributed by atoms with Crippen LogP contribution in [0, 0.1) is 6.92 Å². The van der Waals surface area contributed by atoms with Crippen LogP contribution >= 0.6 is 0 Å². The van der Waals surface area contributed by atoms with E-state index in [-0.39, 0.29) is 12.5 Å². The molecule has 0 saturated heterocycles. The summed E-state index contributed by atoms with van der Waals surface area (Å²) in [5.74, 6) is -0.176. The smallest absolute Gasteiger partial charge is 0.408 e. The Morgan fingerprint density at radius 3 is 2.44 bits per heavy atom. The summed E-state index contributed by atoms with van der Waals surface area (Å²) in [5, 5.41) is 3.83. The lowest BCUT2D eigenvalue weighted by Crippen LogP contribution is -2.48. The fraction of sp³-hybridized carbons (Fsp3) is 0.214. The summed E-state index contributed by atoms with van der Waals surface area (Å²) in [6.07, 6.45) is 1.62. The van der Waals surface area contributed by atoms with Gasteiger partial charge in [0.05, 0.1) is 0 Å². The van der Waals surface area contributed by atoms with Crippen LogP contribution in [0.25, 0.3) is 10.9 Å². The maximum Gasteiger partial charge on any atom is 0.408 e. The van der Waals surface area contributed by atoms with Crippen LogP contribution in [-0.2, 0) is 29.1 Å². The van der Waals surface area contributed by atoms with Gasteiger partial charge in [0.25, 0.3) is 0 Å². The monoisotopic (exact) mass is 455 g/mol. The summed E-state index contributed by atoms with van der Waals surface area (Å²) in [5.41, 5.74) is 5.01. The molecule has 1 atom stereocenters. The number of carbonyl (C=O) groups excluding carboxylic acids is 2. The van der Waals surface area contributed by atoms with Crippen LogP contribution in [-0.4, -0.2) is 35.0 Å². The number of nitrogens with zero attached hydrogens (tertiary/aromatic N) is 1. The predicted octanol–water partition coefficient (Wildman–Crippen LogP) is 4.97. The molecule has 0 radical (unpaired) electrons. The highest BCUT2D eigenvalue weighted by Crippen LogP contribution is 2.20. The number of aromatic amines is 1. The van der Waals surface area contributed by atoms with Crippen molar-refractivity contribution in [2.75, 3.05) is 7.05 Å². The highest BCUT2D eigenvalue weighted by Gasteiger charge is 2.26. The molecule has 1 heterocycles. The lowest BCUT2D eigenvalue weighted by atomic mass is 10.0. The van der Waals surface area contributed by atoms with Crippen LogP contribution in [0.1, 0.15) is 22.3 Å². The second-order valence-corrected chi connectivity index (χ2v) is 8.44. The summed E-state index contributed by atoms with van der Waals surface area (Å²) < 4.78 is 5.40. The number of amides is 2. The van der Waals surface area contributed by atoms with Crippen molar-refractivity contribution >= 4 is 22.9 Å². The molecule has 0 aliphatic rings. The van der Waals surface area contributed by atoms with Gasteiger partial charge in [-0.3, -0.25) is 4.79 Å². The topological polar surface area (TPSA) is 74.4 Å². The second kappa shape index (κ2) is 10.7. The number of benzene rings is 3. The van der Waals surface area contributed by atoms with Gasteiger partial charge in [-0.05, 0) is 35.2 Å². The van der Waals surface area contributed by atoms with E-state index in [0.29, 0.717) is 13.0 Å². The highest BCUT2D eigenvalue weighted by atomic mass is 16.5. The molecule has 4 rings (SSSR count). The van der Waals surface area contributed by atoms with Gasteiger partial charge < -0.3 is 19.9 Å². The molecule has 6 nitrogen and oxygen atoms in total. The first kappa shape index (κ1) is 23.1. The summed E-state index contributed by atoms with van der Waals surface area (Å²) in [7, 11) is 1.76. The average molecular weight is 456 g/mol. The number of rotatable bonds is 8. The Balaban J connectivity index is 1.50. The molecule has 34 heavy (non-hydrogen) atoms. The van der Waals surface area contributed by atoms with Crippen LogP contribution < -0.4 is 5.32 Å². The number of H-pyrrole nitrogens is 1. The van der Waals surface area contributed by atoms with Crippen LogP contribution in [0.5, 0.6) is 0 Å².